The van der Waals surface area contributed by atoms with Crippen molar-refractivity contribution < 1.29 is 4.79 Å². The van der Waals surface area contributed by atoms with Crippen LogP contribution >= 0.6 is 15.9 Å². The summed E-state index contributed by atoms with van der Waals surface area (Å²) in [6, 6.07) is 17.8. The van der Waals surface area contributed by atoms with Gasteiger partial charge in [-0.15, -0.1) is 0 Å². The van der Waals surface area contributed by atoms with Gasteiger partial charge in [0.05, 0.1) is 0 Å². The topological polar surface area (TPSA) is 17.1 Å². The summed E-state index contributed by atoms with van der Waals surface area (Å²) in [5.41, 5.74) is 2.04. The summed E-state index contributed by atoms with van der Waals surface area (Å²) < 4.78 is 1.07. The van der Waals surface area contributed by atoms with Crippen molar-refractivity contribution in [3.8, 4) is 0 Å². The second kappa shape index (κ2) is 6.67. The summed E-state index contributed by atoms with van der Waals surface area (Å²) in [5.74, 6) is 0.510. The Morgan fingerprint density at radius 3 is 2.26 bits per heavy atom. The number of carbonyl (C=O) groups excluding carboxylic acids is 1. The lowest BCUT2D eigenvalue weighted by Gasteiger charge is -2.14. The van der Waals surface area contributed by atoms with Crippen LogP contribution < -0.4 is 0 Å². The van der Waals surface area contributed by atoms with Gasteiger partial charge in [-0.2, -0.15) is 0 Å². The summed E-state index contributed by atoms with van der Waals surface area (Å²) in [7, 11) is 0. The molecule has 2 aromatic rings. The molecule has 0 amide bonds. The summed E-state index contributed by atoms with van der Waals surface area (Å²) >= 11 is 3.44. The van der Waals surface area contributed by atoms with Crippen LogP contribution in [0.2, 0.25) is 0 Å². The van der Waals surface area contributed by atoms with Gasteiger partial charge in [-0.05, 0) is 30.0 Å². The quantitative estimate of drug-likeness (QED) is 0.691. The second-order valence-corrected chi connectivity index (χ2v) is 5.57. The van der Waals surface area contributed by atoms with Crippen molar-refractivity contribution in [1.82, 2.24) is 0 Å². The molecule has 1 unspecified atom stereocenters. The molecule has 0 aliphatic heterocycles. The Kier molecular flexibility index (Phi) is 4.92. The molecule has 0 aromatic heterocycles. The minimum Gasteiger partial charge on any atom is -0.294 e. The van der Waals surface area contributed by atoms with E-state index < -0.39 is 0 Å². The van der Waals surface area contributed by atoms with E-state index in [-0.39, 0.29) is 5.78 Å². The first-order valence-electron chi connectivity index (χ1n) is 6.54. The Bertz CT molecular complexity index is 531. The Hall–Kier alpha value is -1.41. The van der Waals surface area contributed by atoms with Crippen molar-refractivity contribution in [2.45, 2.75) is 25.7 Å². The van der Waals surface area contributed by atoms with Crippen LogP contribution in [0.4, 0.5) is 0 Å². The zero-order valence-corrected chi connectivity index (χ0v) is 12.6. The lowest BCUT2D eigenvalue weighted by atomic mass is 9.90. The van der Waals surface area contributed by atoms with E-state index in [1.54, 1.807) is 0 Å². The molecule has 0 radical (unpaired) electrons. The highest BCUT2D eigenvalue weighted by atomic mass is 79.9. The Labute approximate surface area is 122 Å². The third-order valence-electron chi connectivity index (χ3n) is 3.36. The molecule has 2 aromatic carbocycles. The minimum absolute atomic E-state index is 0.218. The Balaban J connectivity index is 2.11. The van der Waals surface area contributed by atoms with E-state index in [0.29, 0.717) is 12.3 Å². The molecule has 0 fully saturated rings. The molecule has 0 N–H and O–H groups in total. The van der Waals surface area contributed by atoms with E-state index >= 15 is 0 Å². The second-order valence-electron chi connectivity index (χ2n) is 4.65. The largest absolute Gasteiger partial charge is 0.294 e. The molecule has 19 heavy (non-hydrogen) atoms. The molecule has 0 bridgehead atoms. The van der Waals surface area contributed by atoms with Crippen LogP contribution in [0.15, 0.2) is 59.1 Å². The van der Waals surface area contributed by atoms with E-state index in [0.717, 1.165) is 16.5 Å². The standard InChI is InChI=1S/C17H17BrO/c1-2-13(14-8-10-16(18)11-9-14)12-17(19)15-6-4-3-5-7-15/h3-11,13H,2,12H2,1H3. The van der Waals surface area contributed by atoms with Crippen LogP contribution in [-0.4, -0.2) is 5.78 Å². The van der Waals surface area contributed by atoms with Gasteiger partial charge < -0.3 is 0 Å². The number of rotatable bonds is 5. The van der Waals surface area contributed by atoms with Crippen molar-refractivity contribution in [1.29, 1.82) is 0 Å². The third kappa shape index (κ3) is 3.77. The number of benzene rings is 2. The number of hydrogen-bond acceptors (Lipinski definition) is 1. The first-order chi connectivity index (χ1) is 9.20. The SMILES string of the molecule is CCC(CC(=O)c1ccccc1)c1ccc(Br)cc1. The Morgan fingerprint density at radius 2 is 1.68 bits per heavy atom. The fourth-order valence-electron chi connectivity index (χ4n) is 2.20. The molecule has 0 saturated heterocycles. The summed E-state index contributed by atoms with van der Waals surface area (Å²) in [6.45, 7) is 2.13. The highest BCUT2D eigenvalue weighted by Gasteiger charge is 2.15. The molecule has 0 aliphatic carbocycles. The van der Waals surface area contributed by atoms with Gasteiger partial charge in [0.15, 0.2) is 5.78 Å². The van der Waals surface area contributed by atoms with Gasteiger partial charge in [0.25, 0.3) is 0 Å². The predicted molar refractivity (Wildman–Crippen MR) is 82.6 cm³/mol. The van der Waals surface area contributed by atoms with E-state index in [1.165, 1.54) is 5.56 Å². The highest BCUT2D eigenvalue weighted by molar-refractivity contribution is 9.10. The summed E-state index contributed by atoms with van der Waals surface area (Å²) in [5, 5.41) is 0. The van der Waals surface area contributed by atoms with E-state index in [1.807, 2.05) is 42.5 Å². The number of Topliss-reactive ketones (excluding diaryl/α,β-unsaturated/α-hetero) is 1. The van der Waals surface area contributed by atoms with Crippen LogP contribution in [0.1, 0.15) is 41.6 Å². The van der Waals surface area contributed by atoms with Crippen LogP contribution in [0.25, 0.3) is 0 Å². The highest BCUT2D eigenvalue weighted by Crippen LogP contribution is 2.26. The van der Waals surface area contributed by atoms with Crippen molar-refractivity contribution in [3.63, 3.8) is 0 Å². The number of halogens is 1. The van der Waals surface area contributed by atoms with Gasteiger partial charge in [0, 0.05) is 16.5 Å². The molecular formula is C17H17BrO. The zero-order valence-electron chi connectivity index (χ0n) is 11.0. The monoisotopic (exact) mass is 316 g/mol. The van der Waals surface area contributed by atoms with E-state index in [2.05, 4.69) is 35.0 Å². The fraction of sp³-hybridized carbons (Fsp3) is 0.235. The molecule has 2 rings (SSSR count). The molecule has 1 nitrogen and oxygen atoms in total. The van der Waals surface area contributed by atoms with Gasteiger partial charge in [-0.1, -0.05) is 65.3 Å². The lowest BCUT2D eigenvalue weighted by Crippen LogP contribution is -2.07. The molecule has 0 saturated carbocycles. The minimum atomic E-state index is 0.218. The van der Waals surface area contributed by atoms with Crippen molar-refractivity contribution in [2.24, 2.45) is 0 Å². The molecule has 2 heteroatoms. The van der Waals surface area contributed by atoms with Crippen LogP contribution in [0.5, 0.6) is 0 Å². The number of carbonyl (C=O) groups is 1. The van der Waals surface area contributed by atoms with Crippen LogP contribution in [-0.2, 0) is 0 Å². The maximum atomic E-state index is 12.2. The zero-order chi connectivity index (χ0) is 13.7. The van der Waals surface area contributed by atoms with Gasteiger partial charge in [0.1, 0.15) is 0 Å². The van der Waals surface area contributed by atoms with Crippen molar-refractivity contribution in [2.75, 3.05) is 0 Å². The van der Waals surface area contributed by atoms with Gasteiger partial charge in [-0.3, -0.25) is 4.79 Å². The molecule has 0 heterocycles. The molecule has 1 atom stereocenters. The van der Waals surface area contributed by atoms with E-state index in [9.17, 15) is 4.79 Å². The predicted octanol–water partition coefficient (Wildman–Crippen LogP) is 5.22. The smallest absolute Gasteiger partial charge is 0.163 e. The van der Waals surface area contributed by atoms with Gasteiger partial charge in [-0.25, -0.2) is 0 Å². The van der Waals surface area contributed by atoms with Crippen LogP contribution in [0, 0.1) is 0 Å². The van der Waals surface area contributed by atoms with Crippen molar-refractivity contribution >= 4 is 21.7 Å². The molecule has 98 valence electrons. The maximum Gasteiger partial charge on any atom is 0.163 e. The van der Waals surface area contributed by atoms with E-state index in [4.69, 9.17) is 0 Å². The first kappa shape index (κ1) is 14.0. The average Bonchev–Trinajstić information content (AvgIpc) is 2.46. The normalized spacial score (nSPS) is 12.1. The summed E-state index contributed by atoms with van der Waals surface area (Å²) in [6.07, 6.45) is 1.54. The average molecular weight is 317 g/mol. The number of ketones is 1. The Morgan fingerprint density at radius 1 is 1.05 bits per heavy atom. The molecular weight excluding hydrogens is 300 g/mol. The van der Waals surface area contributed by atoms with Gasteiger partial charge >= 0.3 is 0 Å². The fourth-order valence-corrected chi connectivity index (χ4v) is 2.46. The summed E-state index contributed by atoms with van der Waals surface area (Å²) in [4.78, 5) is 12.2. The third-order valence-corrected chi connectivity index (χ3v) is 3.89. The number of hydrogen-bond donors (Lipinski definition) is 0. The van der Waals surface area contributed by atoms with Crippen LogP contribution in [0.3, 0.4) is 0 Å². The van der Waals surface area contributed by atoms with Gasteiger partial charge in [0.2, 0.25) is 0 Å². The van der Waals surface area contributed by atoms with Crippen molar-refractivity contribution in [3.05, 3.63) is 70.2 Å². The lowest BCUT2D eigenvalue weighted by molar-refractivity contribution is 0.0973. The first-order valence-corrected chi connectivity index (χ1v) is 7.33. The molecule has 0 aliphatic rings. The maximum absolute atomic E-state index is 12.2. The molecule has 0 spiro atoms.